The second kappa shape index (κ2) is 25.4. The van der Waals surface area contributed by atoms with Crippen molar-refractivity contribution in [2.45, 2.75) is 73.8 Å². The molecular weight excluding hydrogens is 316 g/mol. The molecule has 0 spiro atoms. The van der Waals surface area contributed by atoms with Gasteiger partial charge in [0.2, 0.25) is 0 Å². The summed E-state index contributed by atoms with van der Waals surface area (Å²) < 4.78 is 0. The molecule has 0 fully saturated rings. The van der Waals surface area contributed by atoms with E-state index in [0.29, 0.717) is 0 Å². The van der Waals surface area contributed by atoms with Crippen LogP contribution in [0.4, 0.5) is 0 Å². The maximum Gasteiger partial charge on any atom is 0.0690 e. The Morgan fingerprint density at radius 2 is 1.69 bits per heavy atom. The van der Waals surface area contributed by atoms with Crippen LogP contribution in [0.2, 0.25) is 0 Å². The molecule has 1 N–H and O–H groups in total. The highest BCUT2D eigenvalue weighted by molar-refractivity contribution is 5.45. The van der Waals surface area contributed by atoms with E-state index in [4.69, 9.17) is 5.11 Å². The number of hydrogen-bond acceptors (Lipinski definition) is 1. The largest absolute Gasteiger partial charge is 0.389 e. The zero-order valence-electron chi connectivity index (χ0n) is 18.2. The molecule has 1 unspecified atom stereocenters. The van der Waals surface area contributed by atoms with Gasteiger partial charge in [-0.05, 0) is 44.8 Å². The summed E-state index contributed by atoms with van der Waals surface area (Å²) in [6.07, 6.45) is 25.9. The molecule has 0 aromatic rings. The van der Waals surface area contributed by atoms with Gasteiger partial charge in [0.05, 0.1) is 6.10 Å². The SMILES string of the molecule is C=CC(C)O.CC.CCC.C\C=C/C=C/C(=C/C=C/C)C1=CC=CCC1. The molecule has 1 rings (SSSR count). The smallest absolute Gasteiger partial charge is 0.0690 e. The van der Waals surface area contributed by atoms with Crippen molar-refractivity contribution < 1.29 is 5.11 Å². The van der Waals surface area contributed by atoms with Crippen LogP contribution in [0.5, 0.6) is 0 Å². The van der Waals surface area contributed by atoms with Gasteiger partial charge in [0.15, 0.2) is 0 Å². The lowest BCUT2D eigenvalue weighted by molar-refractivity contribution is 0.244. The summed E-state index contributed by atoms with van der Waals surface area (Å²) in [5, 5.41) is 8.24. The first-order chi connectivity index (χ1) is 12.6. The maximum atomic E-state index is 8.24. The standard InChI is InChI=1S/C16H20.C4H8O.C3H8.C2H6/c1-3-5-8-12-15(11-6-4-2)16-13-9-7-10-14-16;1-3-4(2)5;1-3-2;1-2/h3-9,11-13H,10,14H2,1-2H3;3-5H,1H2,2H3;3H2,1-2H3;1-2H3/b5-3-,6-4+,12-8+,15-11-;;;. The number of aliphatic hydroxyl groups excluding tert-OH is 1. The van der Waals surface area contributed by atoms with Gasteiger partial charge in [-0.15, -0.1) is 6.58 Å². The molecule has 0 saturated carbocycles. The number of aliphatic hydroxyl groups is 1. The average Bonchev–Trinajstić information content (AvgIpc) is 2.68. The Morgan fingerprint density at radius 3 is 2.08 bits per heavy atom. The van der Waals surface area contributed by atoms with Crippen LogP contribution in [0.3, 0.4) is 0 Å². The molecule has 0 heterocycles. The first kappa shape index (κ1) is 28.9. The van der Waals surface area contributed by atoms with E-state index in [-0.39, 0.29) is 6.10 Å². The predicted molar refractivity (Wildman–Crippen MR) is 122 cm³/mol. The average molecular weight is 359 g/mol. The van der Waals surface area contributed by atoms with Crippen LogP contribution in [0.1, 0.15) is 67.7 Å². The molecule has 0 amide bonds. The van der Waals surface area contributed by atoms with E-state index in [0.717, 1.165) is 12.8 Å². The first-order valence-corrected chi connectivity index (χ1v) is 9.86. The molecule has 0 aromatic heterocycles. The Hall–Kier alpha value is -1.86. The highest BCUT2D eigenvalue weighted by atomic mass is 16.3. The molecule has 1 aliphatic rings. The molecule has 1 aliphatic carbocycles. The van der Waals surface area contributed by atoms with Crippen molar-refractivity contribution in [3.8, 4) is 0 Å². The van der Waals surface area contributed by atoms with Gasteiger partial charge in [-0.1, -0.05) is 101 Å². The molecule has 26 heavy (non-hydrogen) atoms. The van der Waals surface area contributed by atoms with Crippen molar-refractivity contribution in [3.05, 3.63) is 84.6 Å². The molecule has 0 aromatic carbocycles. The molecule has 1 heteroatoms. The van der Waals surface area contributed by atoms with E-state index in [2.05, 4.69) is 75.1 Å². The van der Waals surface area contributed by atoms with Gasteiger partial charge < -0.3 is 5.11 Å². The molecule has 0 radical (unpaired) electrons. The van der Waals surface area contributed by atoms with Crippen LogP contribution in [0.25, 0.3) is 0 Å². The van der Waals surface area contributed by atoms with Crippen LogP contribution in [-0.2, 0) is 0 Å². The van der Waals surface area contributed by atoms with E-state index in [1.807, 2.05) is 33.8 Å². The van der Waals surface area contributed by atoms with Gasteiger partial charge in [-0.25, -0.2) is 0 Å². The van der Waals surface area contributed by atoms with E-state index in [9.17, 15) is 0 Å². The minimum Gasteiger partial charge on any atom is -0.389 e. The van der Waals surface area contributed by atoms with E-state index < -0.39 is 0 Å². The third kappa shape index (κ3) is 22.1. The summed E-state index contributed by atoms with van der Waals surface area (Å²) >= 11 is 0. The van der Waals surface area contributed by atoms with E-state index in [1.54, 1.807) is 6.92 Å². The lowest BCUT2D eigenvalue weighted by Gasteiger charge is -2.09. The lowest BCUT2D eigenvalue weighted by atomic mass is 9.96. The molecule has 0 saturated heterocycles. The Morgan fingerprint density at radius 1 is 1.15 bits per heavy atom. The predicted octanol–water partition coefficient (Wildman–Crippen LogP) is 7.89. The van der Waals surface area contributed by atoms with Gasteiger partial charge >= 0.3 is 0 Å². The second-order valence-corrected chi connectivity index (χ2v) is 5.37. The summed E-state index contributed by atoms with van der Waals surface area (Å²) in [7, 11) is 0. The van der Waals surface area contributed by atoms with E-state index in [1.165, 1.54) is 23.6 Å². The first-order valence-electron chi connectivity index (χ1n) is 9.86. The number of allylic oxidation sites excluding steroid dienone is 12. The number of hydrogen-bond donors (Lipinski definition) is 1. The normalized spacial score (nSPS) is 14.6. The minimum absolute atomic E-state index is 0.352. The van der Waals surface area contributed by atoms with Crippen molar-refractivity contribution in [1.29, 1.82) is 0 Å². The fraction of sp³-hybridized carbons (Fsp3) is 0.440. The van der Waals surface area contributed by atoms with Crippen LogP contribution < -0.4 is 0 Å². The Bertz CT molecular complexity index is 468. The quantitative estimate of drug-likeness (QED) is 0.391. The van der Waals surface area contributed by atoms with Gasteiger partial charge in [0, 0.05) is 0 Å². The third-order valence-corrected chi connectivity index (χ3v) is 2.77. The number of rotatable bonds is 5. The topological polar surface area (TPSA) is 20.2 Å². The van der Waals surface area contributed by atoms with Gasteiger partial charge in [-0.3, -0.25) is 0 Å². The fourth-order valence-electron chi connectivity index (χ4n) is 1.58. The summed E-state index contributed by atoms with van der Waals surface area (Å²) in [5.41, 5.74) is 2.72. The maximum absolute atomic E-state index is 8.24. The summed E-state index contributed by atoms with van der Waals surface area (Å²) in [5.74, 6) is 0. The minimum atomic E-state index is -0.352. The monoisotopic (exact) mass is 358 g/mol. The molecule has 1 atom stereocenters. The zero-order chi connectivity index (χ0) is 20.6. The van der Waals surface area contributed by atoms with Gasteiger partial charge in [-0.2, -0.15) is 0 Å². The Balaban J connectivity index is -0.000000441. The molecule has 0 aliphatic heterocycles. The van der Waals surface area contributed by atoms with Crippen LogP contribution in [-0.4, -0.2) is 11.2 Å². The summed E-state index contributed by atoms with van der Waals surface area (Å²) in [6.45, 7) is 17.3. The van der Waals surface area contributed by atoms with Gasteiger partial charge in [0.1, 0.15) is 0 Å². The molecule has 1 nitrogen and oxygen atoms in total. The molecule has 148 valence electrons. The van der Waals surface area contributed by atoms with E-state index >= 15 is 0 Å². The molecular formula is C25H42O. The highest BCUT2D eigenvalue weighted by Gasteiger charge is 2.02. The highest BCUT2D eigenvalue weighted by Crippen LogP contribution is 2.21. The summed E-state index contributed by atoms with van der Waals surface area (Å²) in [6, 6.07) is 0. The van der Waals surface area contributed by atoms with Crippen molar-refractivity contribution in [2.24, 2.45) is 0 Å². The van der Waals surface area contributed by atoms with Crippen molar-refractivity contribution in [3.63, 3.8) is 0 Å². The molecule has 0 bridgehead atoms. The van der Waals surface area contributed by atoms with Crippen molar-refractivity contribution in [1.82, 2.24) is 0 Å². The van der Waals surface area contributed by atoms with Crippen LogP contribution in [0.15, 0.2) is 84.6 Å². The second-order valence-electron chi connectivity index (χ2n) is 5.37. The van der Waals surface area contributed by atoms with Crippen LogP contribution >= 0.6 is 0 Å². The van der Waals surface area contributed by atoms with Crippen molar-refractivity contribution >= 4 is 0 Å². The third-order valence-electron chi connectivity index (χ3n) is 2.77. The fourth-order valence-corrected chi connectivity index (χ4v) is 1.58. The van der Waals surface area contributed by atoms with Crippen LogP contribution in [0, 0.1) is 0 Å². The summed E-state index contributed by atoms with van der Waals surface area (Å²) in [4.78, 5) is 0. The Labute approximate surface area is 163 Å². The lowest BCUT2D eigenvalue weighted by Crippen LogP contribution is -1.90. The Kier molecular flexibility index (Phi) is 28.2. The zero-order valence-corrected chi connectivity index (χ0v) is 18.2. The van der Waals surface area contributed by atoms with Crippen molar-refractivity contribution in [2.75, 3.05) is 0 Å². The van der Waals surface area contributed by atoms with Gasteiger partial charge in [0.25, 0.3) is 0 Å².